The maximum atomic E-state index is 12.5. The molecule has 0 aliphatic rings. The molecular weight excluding hydrogens is 207 g/mol. The molecule has 0 spiro atoms. The van der Waals surface area contributed by atoms with Gasteiger partial charge in [0.25, 0.3) is 0 Å². The van der Waals surface area contributed by atoms with Crippen LogP contribution >= 0.6 is 11.6 Å². The Hall–Kier alpha value is -1.29. The second-order valence-electron chi connectivity index (χ2n) is 2.58. The number of benzene rings is 1. The SMILES string of the molecule is O=C(NCCCl)Nc1ccc(F)cc1. The van der Waals surface area contributed by atoms with E-state index < -0.39 is 0 Å². The molecule has 76 valence electrons. The predicted octanol–water partition coefficient (Wildman–Crippen LogP) is 2.19. The van der Waals surface area contributed by atoms with Crippen molar-refractivity contribution < 1.29 is 9.18 Å². The predicted molar refractivity (Wildman–Crippen MR) is 54.1 cm³/mol. The number of alkyl halides is 1. The van der Waals surface area contributed by atoms with Crippen LogP contribution in [0, 0.1) is 5.82 Å². The van der Waals surface area contributed by atoms with Crippen molar-refractivity contribution >= 4 is 23.3 Å². The summed E-state index contributed by atoms with van der Waals surface area (Å²) in [6.45, 7) is 0.397. The minimum atomic E-state index is -0.350. The summed E-state index contributed by atoms with van der Waals surface area (Å²) in [5, 5.41) is 5.05. The molecular formula is C9H10ClFN2O. The number of halogens is 2. The number of hydrogen-bond acceptors (Lipinski definition) is 1. The molecule has 0 saturated heterocycles. The number of amides is 2. The van der Waals surface area contributed by atoms with Crippen LogP contribution in [-0.4, -0.2) is 18.5 Å². The molecule has 0 radical (unpaired) electrons. The second kappa shape index (κ2) is 5.44. The molecule has 0 aromatic heterocycles. The molecule has 0 aliphatic carbocycles. The number of urea groups is 1. The Morgan fingerprint density at radius 1 is 1.36 bits per heavy atom. The molecule has 2 amide bonds. The van der Waals surface area contributed by atoms with Gasteiger partial charge in [-0.05, 0) is 24.3 Å². The van der Waals surface area contributed by atoms with Gasteiger partial charge in [0, 0.05) is 18.1 Å². The van der Waals surface area contributed by atoms with Crippen molar-refractivity contribution in [3.63, 3.8) is 0 Å². The summed E-state index contributed by atoms with van der Waals surface area (Å²) in [7, 11) is 0. The largest absolute Gasteiger partial charge is 0.337 e. The van der Waals surface area contributed by atoms with Crippen LogP contribution in [0.4, 0.5) is 14.9 Å². The first-order chi connectivity index (χ1) is 6.72. The summed E-state index contributed by atoms with van der Waals surface area (Å²) in [4.78, 5) is 11.1. The lowest BCUT2D eigenvalue weighted by atomic mass is 10.3. The molecule has 1 rings (SSSR count). The molecule has 0 heterocycles. The fraction of sp³-hybridized carbons (Fsp3) is 0.222. The van der Waals surface area contributed by atoms with Gasteiger partial charge in [-0.15, -0.1) is 11.6 Å². The Labute approximate surface area is 86.3 Å². The molecule has 0 bridgehead atoms. The molecule has 5 heteroatoms. The number of hydrogen-bond donors (Lipinski definition) is 2. The van der Waals surface area contributed by atoms with Gasteiger partial charge in [0.15, 0.2) is 0 Å². The van der Waals surface area contributed by atoms with Crippen molar-refractivity contribution in [3.8, 4) is 0 Å². The Morgan fingerprint density at radius 3 is 2.57 bits per heavy atom. The molecule has 0 saturated carbocycles. The minimum Gasteiger partial charge on any atom is -0.337 e. The maximum absolute atomic E-state index is 12.5. The van der Waals surface area contributed by atoms with Crippen molar-refractivity contribution in [1.29, 1.82) is 0 Å². The van der Waals surface area contributed by atoms with E-state index in [1.807, 2.05) is 0 Å². The van der Waals surface area contributed by atoms with Crippen LogP contribution in [-0.2, 0) is 0 Å². The quantitative estimate of drug-likeness (QED) is 0.748. The number of nitrogens with one attached hydrogen (secondary N) is 2. The van der Waals surface area contributed by atoms with Crippen LogP contribution in [0.15, 0.2) is 24.3 Å². The third kappa shape index (κ3) is 3.62. The van der Waals surface area contributed by atoms with Crippen molar-refractivity contribution in [2.75, 3.05) is 17.7 Å². The van der Waals surface area contributed by atoms with Crippen LogP contribution in [0.2, 0.25) is 0 Å². The molecule has 0 aliphatic heterocycles. The number of carbonyl (C=O) groups excluding carboxylic acids is 1. The van der Waals surface area contributed by atoms with Crippen molar-refractivity contribution in [2.45, 2.75) is 0 Å². The first-order valence-electron chi connectivity index (χ1n) is 4.09. The lowest BCUT2D eigenvalue weighted by molar-refractivity contribution is 0.252. The Kier molecular flexibility index (Phi) is 4.19. The lowest BCUT2D eigenvalue weighted by Crippen LogP contribution is -2.30. The van der Waals surface area contributed by atoms with Gasteiger partial charge < -0.3 is 10.6 Å². The summed E-state index contributed by atoms with van der Waals surface area (Å²) in [5.41, 5.74) is 0.540. The molecule has 1 aromatic rings. The van der Waals surface area contributed by atoms with Crippen LogP contribution in [0.1, 0.15) is 0 Å². The molecule has 2 N–H and O–H groups in total. The van der Waals surface area contributed by atoms with Crippen LogP contribution < -0.4 is 10.6 Å². The molecule has 0 fully saturated rings. The van der Waals surface area contributed by atoms with Gasteiger partial charge in [-0.3, -0.25) is 0 Å². The van der Waals surface area contributed by atoms with E-state index in [0.717, 1.165) is 0 Å². The van der Waals surface area contributed by atoms with E-state index in [1.54, 1.807) is 0 Å². The second-order valence-corrected chi connectivity index (χ2v) is 2.95. The first-order valence-corrected chi connectivity index (χ1v) is 4.62. The Morgan fingerprint density at radius 2 is 2.00 bits per heavy atom. The molecule has 1 aromatic carbocycles. The maximum Gasteiger partial charge on any atom is 0.319 e. The van der Waals surface area contributed by atoms with E-state index in [2.05, 4.69) is 10.6 Å². The van der Waals surface area contributed by atoms with Gasteiger partial charge in [0.1, 0.15) is 5.82 Å². The smallest absolute Gasteiger partial charge is 0.319 e. The highest BCUT2D eigenvalue weighted by atomic mass is 35.5. The van der Waals surface area contributed by atoms with Gasteiger partial charge in [0.2, 0.25) is 0 Å². The van der Waals surface area contributed by atoms with Gasteiger partial charge in [-0.1, -0.05) is 0 Å². The highest BCUT2D eigenvalue weighted by Crippen LogP contribution is 2.07. The number of rotatable bonds is 3. The van der Waals surface area contributed by atoms with E-state index >= 15 is 0 Å². The first kappa shape index (κ1) is 10.8. The Bertz CT molecular complexity index is 302. The van der Waals surface area contributed by atoms with Crippen molar-refractivity contribution in [1.82, 2.24) is 5.32 Å². The van der Waals surface area contributed by atoms with Gasteiger partial charge in [0.05, 0.1) is 0 Å². The highest BCUT2D eigenvalue weighted by molar-refractivity contribution is 6.18. The molecule has 0 unspecified atom stereocenters. The summed E-state index contributed by atoms with van der Waals surface area (Å²) in [6.07, 6.45) is 0. The normalized spacial score (nSPS) is 9.57. The van der Waals surface area contributed by atoms with Crippen LogP contribution in [0.5, 0.6) is 0 Å². The summed E-state index contributed by atoms with van der Waals surface area (Å²) >= 11 is 5.38. The van der Waals surface area contributed by atoms with E-state index in [9.17, 15) is 9.18 Å². The molecule has 14 heavy (non-hydrogen) atoms. The van der Waals surface area contributed by atoms with Crippen molar-refractivity contribution in [3.05, 3.63) is 30.1 Å². The van der Waals surface area contributed by atoms with Gasteiger partial charge >= 0.3 is 6.03 Å². The van der Waals surface area contributed by atoms with E-state index in [-0.39, 0.29) is 11.8 Å². The lowest BCUT2D eigenvalue weighted by Gasteiger charge is -2.05. The topological polar surface area (TPSA) is 41.1 Å². The third-order valence-electron chi connectivity index (χ3n) is 1.48. The summed E-state index contributed by atoms with van der Waals surface area (Å²) < 4.78 is 12.5. The fourth-order valence-electron chi connectivity index (χ4n) is 0.869. The fourth-order valence-corrected chi connectivity index (χ4v) is 0.964. The summed E-state index contributed by atoms with van der Waals surface area (Å²) in [6, 6.07) is 5.16. The molecule has 0 atom stereocenters. The van der Waals surface area contributed by atoms with Crippen molar-refractivity contribution in [2.24, 2.45) is 0 Å². The number of anilines is 1. The standard InChI is InChI=1S/C9H10ClFN2O/c10-5-6-12-9(14)13-8-3-1-7(11)2-4-8/h1-4H,5-6H2,(H2,12,13,14). The monoisotopic (exact) mass is 216 g/mol. The summed E-state index contributed by atoms with van der Waals surface area (Å²) in [5.74, 6) is 0.0216. The Balaban J connectivity index is 2.44. The zero-order valence-corrected chi connectivity index (χ0v) is 8.14. The number of carbonyl (C=O) groups is 1. The average Bonchev–Trinajstić information content (AvgIpc) is 2.18. The highest BCUT2D eigenvalue weighted by Gasteiger charge is 1.99. The minimum absolute atomic E-state index is 0.336. The average molecular weight is 217 g/mol. The van der Waals surface area contributed by atoms with Crippen LogP contribution in [0.3, 0.4) is 0 Å². The van der Waals surface area contributed by atoms with E-state index in [4.69, 9.17) is 11.6 Å². The third-order valence-corrected chi connectivity index (χ3v) is 1.67. The zero-order chi connectivity index (χ0) is 10.4. The molecule has 3 nitrogen and oxygen atoms in total. The van der Waals surface area contributed by atoms with E-state index in [1.165, 1.54) is 24.3 Å². The van der Waals surface area contributed by atoms with Crippen LogP contribution in [0.25, 0.3) is 0 Å². The van der Waals surface area contributed by atoms with Gasteiger partial charge in [-0.2, -0.15) is 0 Å². The van der Waals surface area contributed by atoms with E-state index in [0.29, 0.717) is 18.1 Å². The zero-order valence-electron chi connectivity index (χ0n) is 7.39. The van der Waals surface area contributed by atoms with Gasteiger partial charge in [-0.25, -0.2) is 9.18 Å².